The first-order valence-electron chi connectivity index (χ1n) is 9.54. The fourth-order valence-electron chi connectivity index (χ4n) is 1.84. The summed E-state index contributed by atoms with van der Waals surface area (Å²) in [5.41, 5.74) is 0. The van der Waals surface area contributed by atoms with Crippen LogP contribution in [0.3, 0.4) is 0 Å². The van der Waals surface area contributed by atoms with Crippen molar-refractivity contribution in [3.8, 4) is 35.2 Å². The van der Waals surface area contributed by atoms with Crippen LogP contribution in [-0.4, -0.2) is 46.0 Å². The van der Waals surface area contributed by atoms with E-state index in [-0.39, 0.29) is 41.5 Å². The molecule has 0 saturated carbocycles. The van der Waals surface area contributed by atoms with E-state index in [2.05, 4.69) is 46.3 Å². The van der Waals surface area contributed by atoms with Gasteiger partial charge in [0.2, 0.25) is 0 Å². The van der Waals surface area contributed by atoms with Crippen LogP contribution in [0.25, 0.3) is 0 Å². The maximum atomic E-state index is 11.1. The first kappa shape index (κ1) is 40.5. The molecule has 0 aromatic heterocycles. The number of rotatable bonds is 4. The van der Waals surface area contributed by atoms with Gasteiger partial charge >= 0.3 is 0 Å². The Labute approximate surface area is 238 Å². The molecule has 0 spiro atoms. The van der Waals surface area contributed by atoms with Crippen molar-refractivity contribution in [1.29, 1.82) is 0 Å². The quantitative estimate of drug-likeness (QED) is 0.266. The molecule has 35 heavy (non-hydrogen) atoms. The number of phenolic OH excluding ortho intramolecular Hbond substituents is 1. The van der Waals surface area contributed by atoms with Crippen LogP contribution in [0.1, 0.15) is 34.6 Å². The second kappa shape index (κ2) is 22.8. The van der Waals surface area contributed by atoms with E-state index in [0.29, 0.717) is 12.4 Å². The van der Waals surface area contributed by atoms with Crippen LogP contribution in [0.5, 0.6) is 11.5 Å². The first-order chi connectivity index (χ1) is 15.5. The molecule has 10 heteroatoms. The average Bonchev–Trinajstić information content (AvgIpc) is 2.76. The number of hydrogen-bond acceptors (Lipinski definition) is 6. The van der Waals surface area contributed by atoms with E-state index in [1.807, 2.05) is 18.8 Å². The van der Waals surface area contributed by atoms with Crippen LogP contribution < -0.4 is 4.74 Å². The van der Waals surface area contributed by atoms with Crippen LogP contribution in [0.4, 0.5) is 0 Å². The largest absolute Gasteiger partial charge is 0.508 e. The molecule has 195 valence electrons. The monoisotopic (exact) mass is 673 g/mol. The van der Waals surface area contributed by atoms with Gasteiger partial charge in [-0.25, -0.2) is 16.8 Å². The van der Waals surface area contributed by atoms with Crippen molar-refractivity contribution in [2.24, 2.45) is 0 Å². The summed E-state index contributed by atoms with van der Waals surface area (Å²) < 4.78 is 49.3. The second-order valence-corrected chi connectivity index (χ2v) is 10.0. The molecule has 0 aliphatic heterocycles. The third kappa shape index (κ3) is 21.4. The zero-order chi connectivity index (χ0) is 25.9. The Morgan fingerprint density at radius 1 is 0.800 bits per heavy atom. The van der Waals surface area contributed by atoms with Crippen molar-refractivity contribution < 1.29 is 45.2 Å². The summed E-state index contributed by atoms with van der Waals surface area (Å²) in [5.74, 6) is 11.8. The van der Waals surface area contributed by atoms with Gasteiger partial charge in [-0.3, -0.25) is 0 Å². The molecule has 0 unspecified atom stereocenters. The van der Waals surface area contributed by atoms with Gasteiger partial charge in [0.25, 0.3) is 0 Å². The van der Waals surface area contributed by atoms with Gasteiger partial charge in [-0.05, 0) is 67.3 Å². The molecule has 0 aliphatic carbocycles. The molecule has 0 heterocycles. The standard InChI is InChI=1S/C11H12O3S.C7H8O3S.C5H8.CH3I.CH4.V/c1-3-4-9-14-10-5-7-11(8-6-10)15(2,12)13;1-11(9,10)7-4-2-6(8)3-5-7;1-3-5-4-2;1-2;;/h5-8H,9H2,1-2H3;2-5,8H,1H3;3H2,1-2H3;1H3;1H4;. The van der Waals surface area contributed by atoms with E-state index in [1.54, 1.807) is 19.1 Å². The summed E-state index contributed by atoms with van der Waals surface area (Å²) in [6, 6.07) is 11.7. The number of sulfone groups is 2. The van der Waals surface area contributed by atoms with Crippen molar-refractivity contribution in [1.82, 2.24) is 0 Å². The fraction of sp³-hybridized carbons (Fsp3) is 0.360. The Morgan fingerprint density at radius 2 is 1.17 bits per heavy atom. The second-order valence-electron chi connectivity index (χ2n) is 6.01. The van der Waals surface area contributed by atoms with Gasteiger partial charge < -0.3 is 9.84 Å². The van der Waals surface area contributed by atoms with E-state index in [0.717, 1.165) is 12.7 Å². The molecule has 0 amide bonds. The molecule has 0 fully saturated rings. The van der Waals surface area contributed by atoms with Gasteiger partial charge in [0.1, 0.15) is 18.1 Å². The fourth-order valence-corrected chi connectivity index (χ4v) is 3.11. The number of ether oxygens (including phenoxy) is 1. The topological polar surface area (TPSA) is 97.7 Å². The Balaban J connectivity index is -0.000000213. The summed E-state index contributed by atoms with van der Waals surface area (Å²) in [6.07, 6.45) is 3.28. The number of hydrogen-bond donors (Lipinski definition) is 1. The molecule has 1 N–H and O–H groups in total. The van der Waals surface area contributed by atoms with Crippen molar-refractivity contribution in [2.45, 2.75) is 44.4 Å². The molecule has 0 aliphatic rings. The Hall–Kier alpha value is -1.63. The van der Waals surface area contributed by atoms with Gasteiger partial charge in [0.05, 0.1) is 9.79 Å². The minimum absolute atomic E-state index is 0. The van der Waals surface area contributed by atoms with E-state index in [9.17, 15) is 16.8 Å². The van der Waals surface area contributed by atoms with E-state index in [4.69, 9.17) is 9.84 Å². The molecular formula is C25H35IO6S2V. The van der Waals surface area contributed by atoms with Gasteiger partial charge in [-0.1, -0.05) is 42.9 Å². The predicted octanol–water partition coefficient (Wildman–Crippen LogP) is 5.39. The molecule has 0 atom stereocenters. The zero-order valence-electron chi connectivity index (χ0n) is 20.2. The van der Waals surface area contributed by atoms with Crippen LogP contribution in [0, 0.1) is 23.7 Å². The van der Waals surface area contributed by atoms with Crippen molar-refractivity contribution in [3.63, 3.8) is 0 Å². The Kier molecular flexibility index (Phi) is 26.4. The first-order valence-corrected chi connectivity index (χ1v) is 15.5. The average molecular weight is 674 g/mol. The third-order valence-corrected chi connectivity index (χ3v) is 5.62. The van der Waals surface area contributed by atoms with Crippen LogP contribution in [0.15, 0.2) is 58.3 Å². The molecule has 1 radical (unpaired) electrons. The van der Waals surface area contributed by atoms with Gasteiger partial charge in [0, 0.05) is 37.5 Å². The number of benzene rings is 2. The molecule has 6 nitrogen and oxygen atoms in total. The number of phenols is 1. The van der Waals surface area contributed by atoms with Crippen LogP contribution >= 0.6 is 22.6 Å². The summed E-state index contributed by atoms with van der Waals surface area (Å²) >= 11 is 2.15. The van der Waals surface area contributed by atoms with E-state index in [1.165, 1.54) is 42.7 Å². The minimum atomic E-state index is -3.13. The van der Waals surface area contributed by atoms with Crippen molar-refractivity contribution in [2.75, 3.05) is 24.0 Å². The number of aromatic hydroxyl groups is 1. The SMILES string of the molecule is C.CC#CCC.CC#CCOc1ccc(S(C)(=O)=O)cc1.CI.CS(=O)(=O)c1ccc(O)cc1.[V]. The number of halogens is 1. The zero-order valence-corrected chi connectivity index (χ0v) is 25.4. The van der Waals surface area contributed by atoms with Gasteiger partial charge in [-0.15, -0.1) is 17.8 Å². The minimum Gasteiger partial charge on any atom is -0.508 e. The summed E-state index contributed by atoms with van der Waals surface area (Å²) in [6.45, 7) is 5.94. The molecule has 2 aromatic carbocycles. The summed E-state index contributed by atoms with van der Waals surface area (Å²) in [5, 5.41) is 8.83. The van der Waals surface area contributed by atoms with Gasteiger partial charge in [-0.2, -0.15) is 0 Å². The van der Waals surface area contributed by atoms with Crippen molar-refractivity contribution in [3.05, 3.63) is 48.5 Å². The molecular weight excluding hydrogens is 638 g/mol. The van der Waals surface area contributed by atoms with Crippen molar-refractivity contribution >= 4 is 42.3 Å². The Morgan fingerprint density at radius 3 is 1.46 bits per heavy atom. The Bertz CT molecular complexity index is 1140. The van der Waals surface area contributed by atoms with E-state index >= 15 is 0 Å². The molecule has 0 bridgehead atoms. The molecule has 2 aromatic rings. The summed E-state index contributed by atoms with van der Waals surface area (Å²) in [7, 11) is -6.26. The number of alkyl halides is 1. The maximum absolute atomic E-state index is 11.1. The summed E-state index contributed by atoms with van der Waals surface area (Å²) in [4.78, 5) is 2.48. The van der Waals surface area contributed by atoms with E-state index < -0.39 is 19.7 Å². The third-order valence-electron chi connectivity index (χ3n) is 3.36. The smallest absolute Gasteiger partial charge is 0.175 e. The molecule has 2 rings (SSSR count). The maximum Gasteiger partial charge on any atom is 0.175 e. The predicted molar refractivity (Wildman–Crippen MR) is 150 cm³/mol. The normalized spacial score (nSPS) is 8.89. The molecule has 0 saturated heterocycles. The van der Waals surface area contributed by atoms with Gasteiger partial charge in [0.15, 0.2) is 19.7 Å². The van der Waals surface area contributed by atoms with Crippen LogP contribution in [-0.2, 0) is 38.2 Å². The van der Waals surface area contributed by atoms with Crippen LogP contribution in [0.2, 0.25) is 0 Å².